The number of aliphatic hydroxyl groups is 8. The van der Waals surface area contributed by atoms with Crippen molar-refractivity contribution < 1.29 is 69.8 Å². The summed E-state index contributed by atoms with van der Waals surface area (Å²) in [5.41, 5.74) is 0. The molecule has 2 heterocycles. The third kappa shape index (κ3) is 5.35. The number of carbonyl (C=O) groups is 2. The van der Waals surface area contributed by atoms with E-state index in [0.717, 1.165) is 6.92 Å². The Morgan fingerprint density at radius 2 is 1.78 bits per heavy atom. The average molecular weight is 471 g/mol. The lowest BCUT2D eigenvalue weighted by molar-refractivity contribution is -0.366. The van der Waals surface area contributed by atoms with Crippen LogP contribution in [0.3, 0.4) is 0 Å². The van der Waals surface area contributed by atoms with Crippen LogP contribution in [0.4, 0.5) is 0 Å². The van der Waals surface area contributed by atoms with Gasteiger partial charge < -0.3 is 65.5 Å². The minimum absolute atomic E-state index is 0.693. The summed E-state index contributed by atoms with van der Waals surface area (Å²) < 4.78 is 15.5. The largest absolute Gasteiger partial charge is 0.477 e. The van der Waals surface area contributed by atoms with Crippen molar-refractivity contribution in [2.75, 3.05) is 13.2 Å². The SMILES string of the molecule is CC(=O)N[C@H]1[C@H]([C@H](O)[C@H](O)CO)O[C@@](O[C@H]2[C@@H](O)[C@H](O)O[C@H](CO)[C@@H]2O)(C(=O)O)C[C@@H]1O. The molecule has 15 heteroatoms. The zero-order valence-electron chi connectivity index (χ0n) is 17.0. The van der Waals surface area contributed by atoms with E-state index in [1.807, 2.05) is 0 Å². The van der Waals surface area contributed by atoms with Gasteiger partial charge in [-0.25, -0.2) is 4.79 Å². The number of hydrogen-bond donors (Lipinski definition) is 10. The maximum Gasteiger partial charge on any atom is 0.364 e. The molecule has 32 heavy (non-hydrogen) atoms. The number of aliphatic hydroxyl groups excluding tert-OH is 8. The highest BCUT2D eigenvalue weighted by Gasteiger charge is 2.59. The third-order valence-corrected chi connectivity index (χ3v) is 5.35. The van der Waals surface area contributed by atoms with Gasteiger partial charge in [-0.3, -0.25) is 4.79 Å². The van der Waals surface area contributed by atoms with Crippen molar-refractivity contribution in [2.24, 2.45) is 0 Å². The smallest absolute Gasteiger partial charge is 0.364 e. The van der Waals surface area contributed by atoms with Crippen molar-refractivity contribution in [3.8, 4) is 0 Å². The van der Waals surface area contributed by atoms with Crippen LogP contribution < -0.4 is 5.32 Å². The predicted molar refractivity (Wildman–Crippen MR) is 97.4 cm³/mol. The molecule has 0 aromatic rings. The van der Waals surface area contributed by atoms with Gasteiger partial charge in [0.25, 0.3) is 5.79 Å². The zero-order chi connectivity index (χ0) is 24.4. The first-order valence-corrected chi connectivity index (χ1v) is 9.70. The fourth-order valence-electron chi connectivity index (χ4n) is 3.67. The molecule has 2 fully saturated rings. The summed E-state index contributed by atoms with van der Waals surface area (Å²) in [6, 6.07) is -1.44. The van der Waals surface area contributed by atoms with Gasteiger partial charge in [-0.2, -0.15) is 0 Å². The molecule has 0 bridgehead atoms. The summed E-state index contributed by atoms with van der Waals surface area (Å²) in [6.45, 7) is -0.741. The van der Waals surface area contributed by atoms with Crippen molar-refractivity contribution in [3.63, 3.8) is 0 Å². The molecule has 0 aromatic carbocycles. The first-order valence-electron chi connectivity index (χ1n) is 9.70. The summed E-state index contributed by atoms with van der Waals surface area (Å²) in [5, 5.41) is 91.5. The Kier molecular flexibility index (Phi) is 8.88. The number of rotatable bonds is 8. The van der Waals surface area contributed by atoms with Gasteiger partial charge in [0, 0.05) is 13.3 Å². The Hall–Kier alpha value is -1.50. The fraction of sp³-hybridized carbons (Fsp3) is 0.882. The average Bonchev–Trinajstić information content (AvgIpc) is 2.73. The maximum atomic E-state index is 12.1. The molecule has 2 rings (SSSR count). The number of carbonyl (C=O) groups excluding carboxylic acids is 1. The molecule has 11 atom stereocenters. The van der Waals surface area contributed by atoms with Gasteiger partial charge in [-0.15, -0.1) is 0 Å². The van der Waals surface area contributed by atoms with E-state index in [1.165, 1.54) is 0 Å². The van der Waals surface area contributed by atoms with Gasteiger partial charge in [0.1, 0.15) is 42.7 Å². The Morgan fingerprint density at radius 1 is 1.16 bits per heavy atom. The van der Waals surface area contributed by atoms with Gasteiger partial charge in [-0.1, -0.05) is 0 Å². The van der Waals surface area contributed by atoms with Crippen molar-refractivity contribution in [2.45, 2.75) is 80.3 Å². The number of aliphatic carboxylic acids is 1. The monoisotopic (exact) mass is 471 g/mol. The van der Waals surface area contributed by atoms with Crippen LogP contribution >= 0.6 is 0 Å². The van der Waals surface area contributed by atoms with E-state index in [9.17, 15) is 50.4 Å². The lowest BCUT2D eigenvalue weighted by Crippen LogP contribution is -2.70. The van der Waals surface area contributed by atoms with Crippen LogP contribution in [-0.4, -0.2) is 138 Å². The molecule has 0 unspecified atom stereocenters. The molecule has 2 aliphatic rings. The zero-order valence-corrected chi connectivity index (χ0v) is 17.0. The van der Waals surface area contributed by atoms with Crippen molar-refractivity contribution in [1.29, 1.82) is 0 Å². The van der Waals surface area contributed by atoms with Crippen LogP contribution in [0.5, 0.6) is 0 Å². The van der Waals surface area contributed by atoms with Gasteiger partial charge in [0.2, 0.25) is 5.91 Å². The topological polar surface area (TPSA) is 256 Å². The molecule has 0 saturated carbocycles. The third-order valence-electron chi connectivity index (χ3n) is 5.35. The molecule has 2 aliphatic heterocycles. The highest BCUT2D eigenvalue weighted by molar-refractivity contribution is 5.76. The summed E-state index contributed by atoms with van der Waals surface area (Å²) in [5.74, 6) is -5.44. The van der Waals surface area contributed by atoms with Crippen LogP contribution in [0.25, 0.3) is 0 Å². The standard InChI is InChI=1S/C17H29NO14/c1-5(21)18-9-6(22)2-17(16(28)29,31-13(9)10(24)7(23)3-19)32-14-11(25)8(4-20)30-15(27)12(14)26/h6-15,19-20,22-27H,2-4H2,1H3,(H,18,21)(H,28,29)/t6-,7+,8+,9+,10+,11-,12+,13+,14+,15+,17-/m0/s1. The number of amides is 1. The van der Waals surface area contributed by atoms with E-state index < -0.39 is 98.5 Å². The first kappa shape index (κ1) is 26.7. The van der Waals surface area contributed by atoms with E-state index in [4.69, 9.17) is 19.3 Å². The van der Waals surface area contributed by atoms with E-state index in [2.05, 4.69) is 5.32 Å². The predicted octanol–water partition coefficient (Wildman–Crippen LogP) is -6.05. The molecule has 1 amide bonds. The highest BCUT2D eigenvalue weighted by atomic mass is 16.7. The minimum Gasteiger partial charge on any atom is -0.477 e. The summed E-state index contributed by atoms with van der Waals surface area (Å²) in [7, 11) is 0. The van der Waals surface area contributed by atoms with Gasteiger partial charge in [0.15, 0.2) is 6.29 Å². The maximum absolute atomic E-state index is 12.1. The normalized spacial score (nSPS) is 42.2. The lowest BCUT2D eigenvalue weighted by atomic mass is 9.88. The van der Waals surface area contributed by atoms with Crippen LogP contribution in [0, 0.1) is 0 Å². The number of ether oxygens (including phenoxy) is 3. The highest BCUT2D eigenvalue weighted by Crippen LogP contribution is 2.37. The quantitative estimate of drug-likeness (QED) is 0.158. The second-order valence-corrected chi connectivity index (χ2v) is 7.69. The lowest BCUT2D eigenvalue weighted by Gasteiger charge is -2.49. The van der Waals surface area contributed by atoms with E-state index in [1.54, 1.807) is 0 Å². The molecule has 186 valence electrons. The molecule has 0 aromatic heterocycles. The Morgan fingerprint density at radius 3 is 2.28 bits per heavy atom. The fourth-order valence-corrected chi connectivity index (χ4v) is 3.67. The molecule has 0 radical (unpaired) electrons. The second-order valence-electron chi connectivity index (χ2n) is 7.69. The summed E-state index contributed by atoms with van der Waals surface area (Å²) in [4.78, 5) is 23.6. The molecule has 2 saturated heterocycles. The Labute approximate surface area is 181 Å². The first-order chi connectivity index (χ1) is 14.9. The van der Waals surface area contributed by atoms with Gasteiger partial charge in [-0.05, 0) is 0 Å². The molecule has 0 spiro atoms. The van der Waals surface area contributed by atoms with Gasteiger partial charge >= 0.3 is 5.97 Å². The number of nitrogens with one attached hydrogen (secondary N) is 1. The van der Waals surface area contributed by atoms with E-state index in [-0.39, 0.29) is 0 Å². The summed E-state index contributed by atoms with van der Waals surface area (Å²) in [6.07, 6.45) is -17.6. The van der Waals surface area contributed by atoms with Crippen molar-refractivity contribution in [3.05, 3.63) is 0 Å². The Balaban J connectivity index is 2.42. The molecular weight excluding hydrogens is 442 g/mol. The number of carboxylic acids is 1. The molecule has 15 nitrogen and oxygen atoms in total. The van der Waals surface area contributed by atoms with E-state index >= 15 is 0 Å². The summed E-state index contributed by atoms with van der Waals surface area (Å²) >= 11 is 0. The molecule has 10 N–H and O–H groups in total. The number of hydrogen-bond acceptors (Lipinski definition) is 13. The van der Waals surface area contributed by atoms with Crippen LogP contribution in [0.2, 0.25) is 0 Å². The number of carboxylic acid groups (broad SMARTS) is 1. The van der Waals surface area contributed by atoms with Gasteiger partial charge in [0.05, 0.1) is 25.4 Å². The second kappa shape index (κ2) is 10.6. The minimum atomic E-state index is -2.86. The molecular formula is C17H29NO14. The van der Waals surface area contributed by atoms with Crippen LogP contribution in [0.15, 0.2) is 0 Å². The van der Waals surface area contributed by atoms with Crippen LogP contribution in [-0.2, 0) is 23.8 Å². The van der Waals surface area contributed by atoms with E-state index in [0.29, 0.717) is 0 Å². The van der Waals surface area contributed by atoms with Crippen LogP contribution in [0.1, 0.15) is 13.3 Å². The van der Waals surface area contributed by atoms with Crippen molar-refractivity contribution in [1.82, 2.24) is 5.32 Å². The Bertz CT molecular complexity index is 665. The van der Waals surface area contributed by atoms with Crippen molar-refractivity contribution >= 4 is 11.9 Å². The molecule has 0 aliphatic carbocycles.